The minimum absolute atomic E-state index is 0.436. The average molecular weight is 389 g/mol. The number of methoxy groups -OCH3 is 2. The van der Waals surface area contributed by atoms with Crippen LogP contribution in [0.15, 0.2) is 0 Å². The topological polar surface area (TPSA) is 36.9 Å². The van der Waals surface area contributed by atoms with Gasteiger partial charge in [0.2, 0.25) is 0 Å². The van der Waals surface area contributed by atoms with Crippen molar-refractivity contribution in [1.82, 2.24) is 0 Å². The number of hydrogen-bond donors (Lipinski definition) is 0. The first-order valence-corrected chi connectivity index (χ1v) is 11.5. The van der Waals surface area contributed by atoms with Crippen molar-refractivity contribution >= 4 is 0 Å². The molecule has 0 N–H and O–H groups in total. The molecule has 0 bridgehead atoms. The molecule has 0 fully saturated rings. The van der Waals surface area contributed by atoms with Crippen molar-refractivity contribution in [3.8, 4) is 0 Å². The zero-order valence-electron chi connectivity index (χ0n) is 18.5. The van der Waals surface area contributed by atoms with Crippen molar-refractivity contribution in [1.29, 1.82) is 0 Å². The molecule has 0 spiro atoms. The summed E-state index contributed by atoms with van der Waals surface area (Å²) in [5.74, 6) is 0. The predicted molar refractivity (Wildman–Crippen MR) is 114 cm³/mol. The molecule has 0 aliphatic heterocycles. The van der Waals surface area contributed by atoms with E-state index in [2.05, 4.69) is 0 Å². The van der Waals surface area contributed by atoms with E-state index in [9.17, 15) is 0 Å². The van der Waals surface area contributed by atoms with Crippen LogP contribution in [0.4, 0.5) is 0 Å². The quantitative estimate of drug-likeness (QED) is 0.134. The van der Waals surface area contributed by atoms with Crippen LogP contribution < -0.4 is 0 Å². The molecule has 0 aromatic carbocycles. The maximum atomic E-state index is 5.29. The lowest BCUT2D eigenvalue weighted by molar-refractivity contribution is -0.0317. The van der Waals surface area contributed by atoms with Crippen LogP contribution in [0.5, 0.6) is 0 Å². The molecule has 0 heterocycles. The lowest BCUT2D eigenvalue weighted by Crippen LogP contribution is -1.98. The fraction of sp³-hybridized carbons (Fsp3) is 1.00. The summed E-state index contributed by atoms with van der Waals surface area (Å²) in [5.41, 5.74) is 0. The van der Waals surface area contributed by atoms with Crippen LogP contribution in [0.2, 0.25) is 0 Å². The van der Waals surface area contributed by atoms with Gasteiger partial charge in [0.1, 0.15) is 13.6 Å². The van der Waals surface area contributed by atoms with E-state index < -0.39 is 0 Å². The third-order valence-electron chi connectivity index (χ3n) is 4.98. The van der Waals surface area contributed by atoms with Crippen molar-refractivity contribution in [3.05, 3.63) is 0 Å². The van der Waals surface area contributed by atoms with Gasteiger partial charge in [-0.1, -0.05) is 96.3 Å². The Balaban J connectivity index is 2.95. The SMILES string of the molecule is COCOCCCCCCCCCCCCCCCCCCCOCOC. The van der Waals surface area contributed by atoms with Crippen molar-refractivity contribution in [3.63, 3.8) is 0 Å². The van der Waals surface area contributed by atoms with Gasteiger partial charge in [0.15, 0.2) is 0 Å². The standard InChI is InChI=1S/C23H48O4/c1-24-22-26-20-18-16-14-12-10-8-6-4-3-5-7-9-11-13-15-17-19-21-27-23-25-2/h3-23H2,1-2H3. The first kappa shape index (κ1) is 26.8. The van der Waals surface area contributed by atoms with E-state index in [1.807, 2.05) is 0 Å². The summed E-state index contributed by atoms with van der Waals surface area (Å²) in [6.45, 7) is 2.56. The smallest absolute Gasteiger partial charge is 0.146 e. The Hall–Kier alpha value is -0.160. The van der Waals surface area contributed by atoms with Gasteiger partial charge in [-0.05, 0) is 12.8 Å². The molecule has 0 saturated carbocycles. The van der Waals surface area contributed by atoms with Gasteiger partial charge in [0.25, 0.3) is 0 Å². The molecule has 0 aliphatic rings. The molecule has 0 radical (unpaired) electrons. The van der Waals surface area contributed by atoms with Gasteiger partial charge in [-0.15, -0.1) is 0 Å². The predicted octanol–water partition coefficient (Wildman–Crippen LogP) is 6.86. The Kier molecular flexibility index (Phi) is 25.7. The normalized spacial score (nSPS) is 11.3. The average Bonchev–Trinajstić information content (AvgIpc) is 2.68. The molecule has 0 atom stereocenters. The summed E-state index contributed by atoms with van der Waals surface area (Å²) in [4.78, 5) is 0. The zero-order chi connectivity index (χ0) is 19.7. The van der Waals surface area contributed by atoms with E-state index in [-0.39, 0.29) is 0 Å². The van der Waals surface area contributed by atoms with Crippen LogP contribution in [0.25, 0.3) is 0 Å². The van der Waals surface area contributed by atoms with Gasteiger partial charge in [0.05, 0.1) is 0 Å². The highest BCUT2D eigenvalue weighted by atomic mass is 16.7. The Morgan fingerprint density at radius 3 is 0.778 bits per heavy atom. The third-order valence-corrected chi connectivity index (χ3v) is 4.98. The minimum Gasteiger partial charge on any atom is -0.359 e. The van der Waals surface area contributed by atoms with Crippen LogP contribution in [-0.4, -0.2) is 41.0 Å². The molecule has 27 heavy (non-hydrogen) atoms. The van der Waals surface area contributed by atoms with Crippen molar-refractivity contribution < 1.29 is 18.9 Å². The molecular weight excluding hydrogens is 340 g/mol. The van der Waals surface area contributed by atoms with Crippen LogP contribution in [0.1, 0.15) is 109 Å². The molecule has 0 aliphatic carbocycles. The first-order chi connectivity index (χ1) is 13.4. The van der Waals surface area contributed by atoms with Gasteiger partial charge in [0, 0.05) is 27.4 Å². The Morgan fingerprint density at radius 2 is 0.556 bits per heavy atom. The van der Waals surface area contributed by atoms with Gasteiger partial charge in [-0.2, -0.15) is 0 Å². The van der Waals surface area contributed by atoms with E-state index in [1.165, 1.54) is 109 Å². The third kappa shape index (κ3) is 25.8. The molecule has 0 rings (SSSR count). The second-order valence-corrected chi connectivity index (χ2v) is 7.64. The van der Waals surface area contributed by atoms with E-state index in [0.717, 1.165) is 13.2 Å². The summed E-state index contributed by atoms with van der Waals surface area (Å²) >= 11 is 0. The van der Waals surface area contributed by atoms with E-state index in [1.54, 1.807) is 14.2 Å². The molecule has 4 nitrogen and oxygen atoms in total. The highest BCUT2D eigenvalue weighted by Crippen LogP contribution is 2.14. The highest BCUT2D eigenvalue weighted by Gasteiger charge is 1.95. The summed E-state index contributed by atoms with van der Waals surface area (Å²) in [6, 6.07) is 0. The van der Waals surface area contributed by atoms with E-state index >= 15 is 0 Å². The molecule has 164 valence electrons. The van der Waals surface area contributed by atoms with Gasteiger partial charge >= 0.3 is 0 Å². The van der Waals surface area contributed by atoms with Crippen LogP contribution in [-0.2, 0) is 18.9 Å². The lowest BCUT2D eigenvalue weighted by Gasteiger charge is -2.04. The molecule has 0 aromatic heterocycles. The molecule has 0 saturated heterocycles. The van der Waals surface area contributed by atoms with Crippen LogP contribution in [0.3, 0.4) is 0 Å². The van der Waals surface area contributed by atoms with E-state index in [4.69, 9.17) is 18.9 Å². The number of hydrogen-bond acceptors (Lipinski definition) is 4. The van der Waals surface area contributed by atoms with Crippen molar-refractivity contribution in [2.24, 2.45) is 0 Å². The Labute approximate surface area is 169 Å². The molecular formula is C23H48O4. The second-order valence-electron chi connectivity index (χ2n) is 7.64. The summed E-state index contributed by atoms with van der Waals surface area (Å²) < 4.78 is 20.3. The molecule has 0 aromatic rings. The summed E-state index contributed by atoms with van der Waals surface area (Å²) in [6.07, 6.45) is 23.3. The van der Waals surface area contributed by atoms with Gasteiger partial charge < -0.3 is 18.9 Å². The first-order valence-electron chi connectivity index (χ1n) is 11.5. The molecule has 4 heteroatoms. The maximum absolute atomic E-state index is 5.29. The fourth-order valence-corrected chi connectivity index (χ4v) is 3.34. The van der Waals surface area contributed by atoms with Gasteiger partial charge in [-0.25, -0.2) is 0 Å². The summed E-state index contributed by atoms with van der Waals surface area (Å²) in [5, 5.41) is 0. The largest absolute Gasteiger partial charge is 0.359 e. The fourth-order valence-electron chi connectivity index (χ4n) is 3.34. The lowest BCUT2D eigenvalue weighted by atomic mass is 10.0. The molecule has 0 unspecified atom stereocenters. The Morgan fingerprint density at radius 1 is 0.333 bits per heavy atom. The van der Waals surface area contributed by atoms with Crippen molar-refractivity contribution in [2.75, 3.05) is 41.0 Å². The Bertz CT molecular complexity index is 225. The summed E-state index contributed by atoms with van der Waals surface area (Å²) in [7, 11) is 3.34. The maximum Gasteiger partial charge on any atom is 0.146 e. The van der Waals surface area contributed by atoms with Crippen LogP contribution >= 0.6 is 0 Å². The highest BCUT2D eigenvalue weighted by molar-refractivity contribution is 4.50. The van der Waals surface area contributed by atoms with Crippen LogP contribution in [0, 0.1) is 0 Å². The number of unbranched alkanes of at least 4 members (excludes halogenated alkanes) is 16. The monoisotopic (exact) mass is 388 g/mol. The number of ether oxygens (including phenoxy) is 4. The van der Waals surface area contributed by atoms with Gasteiger partial charge in [-0.3, -0.25) is 0 Å². The minimum atomic E-state index is 0.436. The second kappa shape index (κ2) is 25.8. The number of rotatable bonds is 24. The molecule has 0 amide bonds. The van der Waals surface area contributed by atoms with E-state index in [0.29, 0.717) is 13.6 Å². The zero-order valence-corrected chi connectivity index (χ0v) is 18.5. The van der Waals surface area contributed by atoms with Crippen molar-refractivity contribution in [2.45, 2.75) is 109 Å².